The molecule has 1 aliphatic carbocycles. The van der Waals surface area contributed by atoms with Crippen molar-refractivity contribution in [1.29, 1.82) is 0 Å². The number of nitrogens with zero attached hydrogens (tertiary/aromatic N) is 5. The molecule has 3 heterocycles. The second kappa shape index (κ2) is 7.88. The van der Waals surface area contributed by atoms with Crippen LogP contribution in [0, 0.1) is 6.92 Å². The van der Waals surface area contributed by atoms with Crippen molar-refractivity contribution >= 4 is 27.9 Å². The van der Waals surface area contributed by atoms with Crippen molar-refractivity contribution in [2.45, 2.75) is 45.2 Å². The molecule has 0 spiro atoms. The van der Waals surface area contributed by atoms with Crippen LogP contribution < -0.4 is 10.5 Å². The van der Waals surface area contributed by atoms with Gasteiger partial charge in [0, 0.05) is 49.8 Å². The topological polar surface area (TPSA) is 54.3 Å². The molecule has 2 aliphatic rings. The van der Waals surface area contributed by atoms with Crippen molar-refractivity contribution < 1.29 is 0 Å². The third-order valence-electron chi connectivity index (χ3n) is 6.28. The first kappa shape index (κ1) is 18.8. The maximum atomic E-state index is 12.9. The molecule has 2 fully saturated rings. The summed E-state index contributed by atoms with van der Waals surface area (Å²) in [4.78, 5) is 27.0. The summed E-state index contributed by atoms with van der Waals surface area (Å²) in [6.07, 6.45) is 6.37. The van der Waals surface area contributed by atoms with E-state index < -0.39 is 0 Å². The summed E-state index contributed by atoms with van der Waals surface area (Å²) >= 11 is 1.72. The van der Waals surface area contributed by atoms with Crippen LogP contribution in [0.1, 0.15) is 42.4 Å². The van der Waals surface area contributed by atoms with E-state index in [1.165, 1.54) is 18.5 Å². The Labute approximate surface area is 174 Å². The third kappa shape index (κ3) is 3.81. The maximum absolute atomic E-state index is 12.9. The molecule has 1 aromatic carbocycles. The zero-order valence-corrected chi connectivity index (χ0v) is 17.7. The Hall–Kier alpha value is -2.25. The first-order valence-corrected chi connectivity index (χ1v) is 11.4. The second-order valence-electron chi connectivity index (χ2n) is 8.22. The van der Waals surface area contributed by atoms with Crippen molar-refractivity contribution in [2.24, 2.45) is 0 Å². The number of piperazine rings is 1. The molecule has 0 radical (unpaired) electrons. The van der Waals surface area contributed by atoms with Gasteiger partial charge in [0.05, 0.1) is 27.9 Å². The number of rotatable bonds is 4. The Bertz CT molecular complexity index is 1060. The first-order chi connectivity index (χ1) is 14.2. The monoisotopic (exact) mass is 409 g/mol. The number of anilines is 1. The Morgan fingerprint density at radius 1 is 1.14 bits per heavy atom. The van der Waals surface area contributed by atoms with Gasteiger partial charge in [-0.2, -0.15) is 0 Å². The van der Waals surface area contributed by atoms with Crippen molar-refractivity contribution in [1.82, 2.24) is 19.4 Å². The fourth-order valence-electron chi connectivity index (χ4n) is 4.64. The lowest BCUT2D eigenvalue weighted by molar-refractivity contribution is 0.247. The summed E-state index contributed by atoms with van der Waals surface area (Å²) in [6.45, 7) is 6.98. The highest BCUT2D eigenvalue weighted by Crippen LogP contribution is 2.28. The van der Waals surface area contributed by atoms with Crippen LogP contribution in [0.4, 0.5) is 5.69 Å². The molecule has 0 bridgehead atoms. The number of aryl methyl sites for hydroxylation is 1. The molecule has 3 aromatic rings. The van der Waals surface area contributed by atoms with Crippen molar-refractivity contribution in [3.63, 3.8) is 0 Å². The van der Waals surface area contributed by atoms with Crippen LogP contribution >= 0.6 is 11.3 Å². The molecule has 0 unspecified atom stereocenters. The summed E-state index contributed by atoms with van der Waals surface area (Å²) in [5.41, 5.74) is 3.25. The Balaban J connectivity index is 1.29. The lowest BCUT2D eigenvalue weighted by atomic mass is 10.1. The Morgan fingerprint density at radius 3 is 2.66 bits per heavy atom. The molecule has 0 atom stereocenters. The number of aromatic nitrogens is 3. The van der Waals surface area contributed by atoms with Gasteiger partial charge < -0.3 is 4.90 Å². The Morgan fingerprint density at radius 2 is 1.93 bits per heavy atom. The van der Waals surface area contributed by atoms with Crippen LogP contribution in [0.3, 0.4) is 0 Å². The average molecular weight is 410 g/mol. The number of hydrogen-bond donors (Lipinski definition) is 0. The minimum Gasteiger partial charge on any atom is -0.369 e. The lowest BCUT2D eigenvalue weighted by Crippen LogP contribution is -2.46. The van der Waals surface area contributed by atoms with Gasteiger partial charge in [-0.3, -0.25) is 14.3 Å². The molecule has 0 amide bonds. The molecule has 0 N–H and O–H groups in total. The molecule has 7 heteroatoms. The summed E-state index contributed by atoms with van der Waals surface area (Å²) in [7, 11) is 0. The van der Waals surface area contributed by atoms with E-state index in [4.69, 9.17) is 0 Å². The van der Waals surface area contributed by atoms with Gasteiger partial charge in [0.1, 0.15) is 0 Å². The molecule has 6 nitrogen and oxygen atoms in total. The highest BCUT2D eigenvalue weighted by Gasteiger charge is 2.21. The van der Waals surface area contributed by atoms with E-state index in [1.807, 2.05) is 10.6 Å². The fourth-order valence-corrected chi connectivity index (χ4v) is 5.24. The van der Waals surface area contributed by atoms with E-state index in [-0.39, 0.29) is 5.56 Å². The van der Waals surface area contributed by atoms with Gasteiger partial charge in [0.25, 0.3) is 5.56 Å². The molecule has 1 aliphatic heterocycles. The zero-order valence-electron chi connectivity index (χ0n) is 16.9. The predicted molar refractivity (Wildman–Crippen MR) is 118 cm³/mol. The fraction of sp³-hybridized carbons (Fsp3) is 0.500. The van der Waals surface area contributed by atoms with Gasteiger partial charge in [-0.1, -0.05) is 12.8 Å². The van der Waals surface area contributed by atoms with Gasteiger partial charge in [0.15, 0.2) is 0 Å². The molecule has 5 rings (SSSR count). The van der Waals surface area contributed by atoms with Crippen LogP contribution in [-0.2, 0) is 6.54 Å². The molecule has 1 saturated carbocycles. The predicted octanol–water partition coefficient (Wildman–Crippen LogP) is 3.60. The van der Waals surface area contributed by atoms with Crippen molar-refractivity contribution in [3.8, 4) is 0 Å². The second-order valence-corrected chi connectivity index (χ2v) is 9.28. The van der Waals surface area contributed by atoms with Crippen molar-refractivity contribution in [2.75, 3.05) is 31.1 Å². The standard InChI is InChI=1S/C22H27N5OS/c1-16-24-17(14-29-16)13-25-8-10-26(11-9-25)19-6-7-20-21(12-19)23-15-27(22(20)28)18-4-2-3-5-18/h6-7,12,14-15,18H,2-5,8-11,13H2,1H3. The van der Waals surface area contributed by atoms with Gasteiger partial charge in [-0.25, -0.2) is 9.97 Å². The van der Waals surface area contributed by atoms with Gasteiger partial charge >= 0.3 is 0 Å². The average Bonchev–Trinajstić information content (AvgIpc) is 3.41. The number of benzene rings is 1. The molecule has 152 valence electrons. The molecule has 29 heavy (non-hydrogen) atoms. The normalized spacial score (nSPS) is 18.7. The van der Waals surface area contributed by atoms with Crippen LogP contribution in [0.5, 0.6) is 0 Å². The quantitative estimate of drug-likeness (QED) is 0.659. The number of fused-ring (bicyclic) bond motifs is 1. The highest BCUT2D eigenvalue weighted by atomic mass is 32.1. The third-order valence-corrected chi connectivity index (χ3v) is 7.10. The number of hydrogen-bond acceptors (Lipinski definition) is 6. The summed E-state index contributed by atoms with van der Waals surface area (Å²) in [6, 6.07) is 6.46. The zero-order chi connectivity index (χ0) is 19.8. The maximum Gasteiger partial charge on any atom is 0.261 e. The number of thiazole rings is 1. The molecular weight excluding hydrogens is 382 g/mol. The first-order valence-electron chi connectivity index (χ1n) is 10.6. The van der Waals surface area contributed by atoms with E-state index in [1.54, 1.807) is 17.7 Å². The largest absolute Gasteiger partial charge is 0.369 e. The SMILES string of the molecule is Cc1nc(CN2CCN(c3ccc4c(=O)n(C5CCCC5)cnc4c3)CC2)cs1. The van der Waals surface area contributed by atoms with E-state index in [0.29, 0.717) is 6.04 Å². The van der Waals surface area contributed by atoms with Crippen molar-refractivity contribution in [3.05, 3.63) is 51.0 Å². The minimum absolute atomic E-state index is 0.108. The summed E-state index contributed by atoms with van der Waals surface area (Å²) < 4.78 is 1.86. The van der Waals surface area contributed by atoms with Crippen LogP contribution in [0.25, 0.3) is 10.9 Å². The van der Waals surface area contributed by atoms with E-state index in [0.717, 1.165) is 67.2 Å². The Kier molecular flexibility index (Phi) is 5.09. The van der Waals surface area contributed by atoms with E-state index >= 15 is 0 Å². The van der Waals surface area contributed by atoms with Crippen LogP contribution in [0.15, 0.2) is 34.7 Å². The highest BCUT2D eigenvalue weighted by molar-refractivity contribution is 7.09. The van der Waals surface area contributed by atoms with Gasteiger partial charge in [-0.15, -0.1) is 11.3 Å². The van der Waals surface area contributed by atoms with E-state index in [2.05, 4.69) is 44.2 Å². The molecular formula is C22H27N5OS. The summed E-state index contributed by atoms with van der Waals surface area (Å²) in [5, 5.41) is 4.03. The van der Waals surface area contributed by atoms with E-state index in [9.17, 15) is 4.79 Å². The smallest absolute Gasteiger partial charge is 0.261 e. The molecule has 1 saturated heterocycles. The van der Waals surface area contributed by atoms with Crippen LogP contribution in [0.2, 0.25) is 0 Å². The summed E-state index contributed by atoms with van der Waals surface area (Å²) in [5.74, 6) is 0. The van der Waals surface area contributed by atoms with Crippen LogP contribution in [-0.4, -0.2) is 45.6 Å². The lowest BCUT2D eigenvalue weighted by Gasteiger charge is -2.35. The van der Waals surface area contributed by atoms with Gasteiger partial charge in [0.2, 0.25) is 0 Å². The molecule has 2 aromatic heterocycles. The van der Waals surface area contributed by atoms with Gasteiger partial charge in [-0.05, 0) is 38.0 Å². The minimum atomic E-state index is 0.108.